The summed E-state index contributed by atoms with van der Waals surface area (Å²) in [4.78, 5) is 16.9. The molecule has 0 N–H and O–H groups in total. The molecule has 0 radical (unpaired) electrons. The maximum atomic E-state index is 12.9. The third-order valence-corrected chi connectivity index (χ3v) is 7.24. The summed E-state index contributed by atoms with van der Waals surface area (Å²) >= 11 is 12.0. The van der Waals surface area contributed by atoms with Gasteiger partial charge < -0.3 is 14.2 Å². The van der Waals surface area contributed by atoms with E-state index < -0.39 is 10.8 Å². The van der Waals surface area contributed by atoms with Gasteiger partial charge in [0.05, 0.1) is 5.75 Å². The van der Waals surface area contributed by atoms with E-state index in [1.54, 1.807) is 29.2 Å². The molecule has 5 nitrogen and oxygen atoms in total. The lowest BCUT2D eigenvalue weighted by Gasteiger charge is -2.36. The van der Waals surface area contributed by atoms with Crippen LogP contribution in [0.5, 0.6) is 0 Å². The molecule has 8 heteroatoms. The van der Waals surface area contributed by atoms with E-state index in [1.807, 2.05) is 30.3 Å². The Hall–Kier alpha value is -2.28. The Morgan fingerprint density at radius 2 is 1.62 bits per heavy atom. The van der Waals surface area contributed by atoms with Crippen LogP contribution < -0.4 is 4.90 Å². The van der Waals surface area contributed by atoms with Crippen LogP contribution in [0.4, 0.5) is 5.69 Å². The molecule has 1 aliphatic rings. The van der Waals surface area contributed by atoms with E-state index in [2.05, 4.69) is 11.8 Å². The van der Waals surface area contributed by atoms with Gasteiger partial charge in [0.1, 0.15) is 5.76 Å². The molecule has 168 valence electrons. The van der Waals surface area contributed by atoms with Crippen molar-refractivity contribution < 1.29 is 13.4 Å². The van der Waals surface area contributed by atoms with E-state index in [4.69, 9.17) is 27.6 Å². The molecular formula is C24H24Cl2N2O3S. The van der Waals surface area contributed by atoms with Crippen LogP contribution >= 0.6 is 23.2 Å². The molecule has 3 aromatic rings. The van der Waals surface area contributed by atoms with Crippen LogP contribution in [-0.2, 0) is 22.3 Å². The highest BCUT2D eigenvalue weighted by molar-refractivity contribution is 7.83. The number of rotatable bonds is 6. The molecule has 1 amide bonds. The van der Waals surface area contributed by atoms with Crippen LogP contribution in [0.1, 0.15) is 27.4 Å². The van der Waals surface area contributed by atoms with Gasteiger partial charge in [0.15, 0.2) is 5.76 Å². The summed E-state index contributed by atoms with van der Waals surface area (Å²) in [6.45, 7) is 4.72. The Kier molecular flexibility index (Phi) is 7.23. The zero-order chi connectivity index (χ0) is 22.7. The summed E-state index contributed by atoms with van der Waals surface area (Å²) in [5, 5.41) is 1.36. The summed E-state index contributed by atoms with van der Waals surface area (Å²) in [6.07, 6.45) is 0. The molecule has 1 atom stereocenters. The van der Waals surface area contributed by atoms with Gasteiger partial charge >= 0.3 is 0 Å². The predicted octanol–water partition coefficient (Wildman–Crippen LogP) is 5.31. The maximum Gasteiger partial charge on any atom is 0.289 e. The third-order valence-electron chi connectivity index (χ3n) is 5.50. The van der Waals surface area contributed by atoms with Gasteiger partial charge in [0, 0.05) is 58.5 Å². The number of anilines is 1. The number of benzene rings is 2. The van der Waals surface area contributed by atoms with E-state index in [0.29, 0.717) is 34.6 Å². The fraction of sp³-hybridized carbons (Fsp3) is 0.292. The van der Waals surface area contributed by atoms with Crippen LogP contribution in [0.15, 0.2) is 59.0 Å². The molecule has 0 spiro atoms. The quantitative estimate of drug-likeness (QED) is 0.469. The number of aryl methyl sites for hydroxylation is 1. The predicted molar refractivity (Wildman–Crippen MR) is 130 cm³/mol. The van der Waals surface area contributed by atoms with Crippen molar-refractivity contribution in [2.24, 2.45) is 0 Å². The minimum atomic E-state index is -1.14. The van der Waals surface area contributed by atoms with Crippen LogP contribution in [-0.4, -0.2) is 41.2 Å². The van der Waals surface area contributed by atoms with Crippen molar-refractivity contribution in [3.05, 3.63) is 87.3 Å². The van der Waals surface area contributed by atoms with Crippen molar-refractivity contribution in [2.45, 2.75) is 18.4 Å². The maximum absolute atomic E-state index is 12.9. The number of piperazine rings is 1. The molecule has 1 aliphatic heterocycles. The van der Waals surface area contributed by atoms with Crippen LogP contribution in [0.25, 0.3) is 0 Å². The summed E-state index contributed by atoms with van der Waals surface area (Å²) in [6, 6.07) is 16.6. The number of furan rings is 1. The minimum absolute atomic E-state index is 0.137. The summed E-state index contributed by atoms with van der Waals surface area (Å²) in [5.41, 5.74) is 3.22. The Morgan fingerprint density at radius 1 is 0.938 bits per heavy atom. The van der Waals surface area contributed by atoms with Crippen molar-refractivity contribution in [3.63, 3.8) is 0 Å². The van der Waals surface area contributed by atoms with Crippen LogP contribution in [0.2, 0.25) is 10.0 Å². The molecule has 0 saturated carbocycles. The number of nitrogens with zero attached hydrogens (tertiary/aromatic N) is 2. The Bertz CT molecular complexity index is 1120. The minimum Gasteiger partial charge on any atom is -0.455 e. The fourth-order valence-corrected chi connectivity index (χ4v) is 5.21. The molecule has 2 aromatic carbocycles. The van der Waals surface area contributed by atoms with Crippen molar-refractivity contribution in [1.82, 2.24) is 4.90 Å². The van der Waals surface area contributed by atoms with E-state index in [9.17, 15) is 9.00 Å². The Labute approximate surface area is 200 Å². The Balaban J connectivity index is 1.32. The Morgan fingerprint density at radius 3 is 2.34 bits per heavy atom. The first-order valence-corrected chi connectivity index (χ1v) is 12.6. The largest absolute Gasteiger partial charge is 0.455 e. The molecule has 1 saturated heterocycles. The molecular weight excluding hydrogens is 467 g/mol. The SMILES string of the molecule is Cc1ccc(Cl)cc1N1CCN(C(=O)c2ccc(C[S@](=O)Cc3ccc(Cl)cc3)o2)CC1. The van der Waals surface area contributed by atoms with Gasteiger partial charge in [-0.15, -0.1) is 0 Å². The van der Waals surface area contributed by atoms with Gasteiger partial charge in [0.2, 0.25) is 0 Å². The average Bonchev–Trinajstić information content (AvgIpc) is 3.25. The number of amides is 1. The number of carbonyl (C=O) groups excluding carboxylic acids is 1. The smallest absolute Gasteiger partial charge is 0.289 e. The lowest BCUT2D eigenvalue weighted by Crippen LogP contribution is -2.48. The van der Waals surface area contributed by atoms with Gasteiger partial charge in [-0.2, -0.15) is 0 Å². The zero-order valence-corrected chi connectivity index (χ0v) is 20.1. The number of hydrogen-bond acceptors (Lipinski definition) is 4. The molecule has 2 heterocycles. The first-order chi connectivity index (χ1) is 15.4. The molecule has 0 aliphatic carbocycles. The summed E-state index contributed by atoms with van der Waals surface area (Å²) in [7, 11) is -1.14. The normalized spacial score (nSPS) is 15.1. The molecule has 1 fully saturated rings. The van der Waals surface area contributed by atoms with Crippen LogP contribution in [0, 0.1) is 6.92 Å². The molecule has 32 heavy (non-hydrogen) atoms. The highest BCUT2D eigenvalue weighted by Gasteiger charge is 2.25. The van der Waals surface area contributed by atoms with Crippen LogP contribution in [0.3, 0.4) is 0 Å². The van der Waals surface area contributed by atoms with Gasteiger partial charge in [-0.05, 0) is 54.4 Å². The van der Waals surface area contributed by atoms with Crippen molar-refractivity contribution in [3.8, 4) is 0 Å². The lowest BCUT2D eigenvalue weighted by atomic mass is 10.1. The van der Waals surface area contributed by atoms with Crippen molar-refractivity contribution in [1.29, 1.82) is 0 Å². The van der Waals surface area contributed by atoms with Crippen molar-refractivity contribution >= 4 is 45.6 Å². The second-order valence-corrected chi connectivity index (χ2v) is 10.2. The third kappa shape index (κ3) is 5.55. The van der Waals surface area contributed by atoms with Gasteiger partial charge in [-0.1, -0.05) is 41.4 Å². The summed E-state index contributed by atoms with van der Waals surface area (Å²) < 4.78 is 18.2. The molecule has 0 bridgehead atoms. The number of carbonyl (C=O) groups is 1. The summed E-state index contributed by atoms with van der Waals surface area (Å²) in [5.74, 6) is 1.37. The number of hydrogen-bond donors (Lipinski definition) is 0. The molecule has 1 aromatic heterocycles. The second-order valence-electron chi connectivity index (χ2n) is 7.83. The van der Waals surface area contributed by atoms with Gasteiger partial charge in [-0.3, -0.25) is 9.00 Å². The highest BCUT2D eigenvalue weighted by Crippen LogP contribution is 2.26. The fourth-order valence-electron chi connectivity index (χ4n) is 3.78. The lowest BCUT2D eigenvalue weighted by molar-refractivity contribution is 0.0713. The molecule has 4 rings (SSSR count). The number of halogens is 2. The highest BCUT2D eigenvalue weighted by atomic mass is 35.5. The van der Waals surface area contributed by atoms with E-state index in [-0.39, 0.29) is 17.4 Å². The van der Waals surface area contributed by atoms with Gasteiger partial charge in [0.25, 0.3) is 5.91 Å². The average molecular weight is 491 g/mol. The monoisotopic (exact) mass is 490 g/mol. The topological polar surface area (TPSA) is 53.8 Å². The van der Waals surface area contributed by atoms with E-state index in [0.717, 1.165) is 29.9 Å². The van der Waals surface area contributed by atoms with E-state index >= 15 is 0 Å². The molecule has 0 unspecified atom stereocenters. The second kappa shape index (κ2) is 10.1. The van der Waals surface area contributed by atoms with Gasteiger partial charge in [-0.25, -0.2) is 0 Å². The standard InChI is InChI=1S/C24H24Cl2N2O3S/c1-17-2-5-20(26)14-22(17)27-10-12-28(13-11-27)24(29)23-9-8-21(31-23)16-32(30)15-18-3-6-19(25)7-4-18/h2-9,14H,10-13,15-16H2,1H3/t32-/m1/s1. The first-order valence-electron chi connectivity index (χ1n) is 10.4. The van der Waals surface area contributed by atoms with E-state index in [1.165, 1.54) is 0 Å². The van der Waals surface area contributed by atoms with Crippen molar-refractivity contribution in [2.75, 3.05) is 31.1 Å². The first kappa shape index (κ1) is 22.9. The zero-order valence-electron chi connectivity index (χ0n) is 17.7.